The topological polar surface area (TPSA) is 290 Å². The van der Waals surface area contributed by atoms with Gasteiger partial charge in [-0.2, -0.15) is 9.10 Å². The number of ether oxygens (including phenoxy) is 4. The summed E-state index contributed by atoms with van der Waals surface area (Å²) in [5.41, 5.74) is 6.80. The first kappa shape index (κ1) is 53.0. The van der Waals surface area contributed by atoms with Gasteiger partial charge in [-0.15, -0.1) is 10.2 Å². The van der Waals surface area contributed by atoms with Gasteiger partial charge in [-0.1, -0.05) is 42.5 Å². The van der Waals surface area contributed by atoms with Crippen LogP contribution in [0, 0.1) is 0 Å². The van der Waals surface area contributed by atoms with Gasteiger partial charge < -0.3 is 45.3 Å². The minimum absolute atomic E-state index is 0.0155. The van der Waals surface area contributed by atoms with Crippen LogP contribution in [0.1, 0.15) is 54.2 Å². The normalized spacial score (nSPS) is 13.9. The van der Waals surface area contributed by atoms with Crippen molar-refractivity contribution in [2.45, 2.75) is 68.3 Å². The average Bonchev–Trinajstić information content (AvgIpc) is 4.03. The van der Waals surface area contributed by atoms with Gasteiger partial charge in [-0.05, 0) is 103 Å². The molecule has 1 atom stereocenters. The van der Waals surface area contributed by atoms with E-state index in [1.807, 2.05) is 0 Å². The van der Waals surface area contributed by atoms with Crippen molar-refractivity contribution in [1.29, 1.82) is 0 Å². The number of sulfonamides is 1. The lowest BCUT2D eigenvalue weighted by Gasteiger charge is -2.26. The van der Waals surface area contributed by atoms with E-state index in [1.165, 1.54) is 49.4 Å². The number of hydrogen-bond donors (Lipinski definition) is 4. The van der Waals surface area contributed by atoms with E-state index in [1.54, 1.807) is 93.6 Å². The number of likely N-dealkylation sites (tertiary alicyclic amines) is 1. The number of tetrazole rings is 1. The molecule has 73 heavy (non-hydrogen) atoms. The highest BCUT2D eigenvalue weighted by Gasteiger charge is 2.38. The van der Waals surface area contributed by atoms with Gasteiger partial charge in [0.25, 0.3) is 5.91 Å². The molecule has 1 unspecified atom stereocenters. The van der Waals surface area contributed by atoms with E-state index in [-0.39, 0.29) is 66.6 Å². The lowest BCUT2D eigenvalue weighted by Crippen LogP contribution is -2.38. The number of alkyl carbamates (subject to hydrolysis) is 1. The summed E-state index contributed by atoms with van der Waals surface area (Å²) in [6.07, 6.45) is -0.404. The maximum absolute atomic E-state index is 16.1. The molecule has 0 bridgehead atoms. The number of carbonyl (C=O) groups excluding carboxylic acids is 2. The minimum atomic E-state index is -5.07. The van der Waals surface area contributed by atoms with Crippen molar-refractivity contribution in [3.8, 4) is 39.8 Å². The van der Waals surface area contributed by atoms with E-state index in [4.69, 9.17) is 24.7 Å². The van der Waals surface area contributed by atoms with Crippen LogP contribution in [0.3, 0.4) is 0 Å². The summed E-state index contributed by atoms with van der Waals surface area (Å²) in [6, 6.07) is 23.7. The Labute approximate surface area is 422 Å². The first-order chi connectivity index (χ1) is 34.7. The Morgan fingerprint density at radius 1 is 0.836 bits per heavy atom. The first-order valence-corrected chi connectivity index (χ1v) is 25.9. The lowest BCUT2D eigenvalue weighted by atomic mass is 9.98. The minimum Gasteiger partial charge on any atom is -0.497 e. The number of rotatable bonds is 19. The lowest BCUT2D eigenvalue weighted by molar-refractivity contribution is 0.0531. The van der Waals surface area contributed by atoms with Crippen LogP contribution in [0.15, 0.2) is 107 Å². The number of nitrogens with zero attached hydrogens (tertiary/aromatic N) is 7. The molecule has 3 heterocycles. The molecule has 4 aromatic carbocycles. The van der Waals surface area contributed by atoms with Crippen LogP contribution >= 0.6 is 0 Å². The number of methoxy groups -OCH3 is 3. The van der Waals surface area contributed by atoms with Crippen molar-refractivity contribution >= 4 is 43.8 Å². The predicted molar refractivity (Wildman–Crippen MR) is 267 cm³/mol. The molecule has 1 aliphatic heterocycles. The van der Waals surface area contributed by atoms with Crippen molar-refractivity contribution in [2.75, 3.05) is 52.5 Å². The van der Waals surface area contributed by atoms with Crippen LogP contribution in [0.2, 0.25) is 0 Å². The number of benzene rings is 4. The Kier molecular flexibility index (Phi) is 16.2. The quantitative estimate of drug-likeness (QED) is 0.0808. The van der Waals surface area contributed by atoms with Crippen molar-refractivity contribution in [3.05, 3.63) is 119 Å². The summed E-state index contributed by atoms with van der Waals surface area (Å²) < 4.78 is 84.5. The second-order valence-electron chi connectivity index (χ2n) is 17.9. The highest BCUT2D eigenvalue weighted by molar-refractivity contribution is 7.93. The zero-order chi connectivity index (χ0) is 52.7. The summed E-state index contributed by atoms with van der Waals surface area (Å²) in [6.45, 7) is 4.15. The van der Waals surface area contributed by atoms with Gasteiger partial charge in [0, 0.05) is 50.5 Å². The largest absolute Gasteiger partial charge is 0.497 e. The molecule has 386 valence electrons. The third-order valence-electron chi connectivity index (χ3n) is 11.6. The summed E-state index contributed by atoms with van der Waals surface area (Å²) in [5, 5.41) is 28.1. The third-order valence-corrected chi connectivity index (χ3v) is 15.3. The summed E-state index contributed by atoms with van der Waals surface area (Å²) in [7, 11) is -5.24. The molecule has 1 saturated heterocycles. The molecule has 1 fully saturated rings. The van der Waals surface area contributed by atoms with E-state index in [0.717, 1.165) is 10.4 Å². The van der Waals surface area contributed by atoms with Gasteiger partial charge in [-0.25, -0.2) is 31.4 Å². The number of nitrogens with one attached hydrogen (secondary N) is 2. The van der Waals surface area contributed by atoms with Crippen LogP contribution in [0.4, 0.5) is 15.4 Å². The molecule has 0 spiro atoms. The fraction of sp³-hybridized carbons (Fsp3) is 0.327. The molecule has 0 aliphatic carbocycles. The maximum atomic E-state index is 16.1. The molecule has 3 amide bonds. The van der Waals surface area contributed by atoms with Gasteiger partial charge in [0.15, 0.2) is 9.84 Å². The van der Waals surface area contributed by atoms with E-state index < -0.39 is 71.7 Å². The highest BCUT2D eigenvalue weighted by Crippen LogP contribution is 2.42. The van der Waals surface area contributed by atoms with Gasteiger partial charge in [0.2, 0.25) is 15.8 Å². The molecule has 2 aromatic heterocycles. The predicted octanol–water partition coefficient (Wildman–Crippen LogP) is 5.23. The van der Waals surface area contributed by atoms with Crippen LogP contribution in [0.25, 0.3) is 22.5 Å². The number of aromatic nitrogens is 5. The number of amides is 3. The molecule has 7 rings (SSSR count). The fourth-order valence-electron chi connectivity index (χ4n) is 7.89. The van der Waals surface area contributed by atoms with Crippen LogP contribution in [0.5, 0.6) is 17.2 Å². The Balaban J connectivity index is 1.45. The zero-order valence-corrected chi connectivity index (χ0v) is 42.6. The number of carboxylic acid groups (broad SMARTS) is 1. The Morgan fingerprint density at radius 3 is 1.95 bits per heavy atom. The van der Waals surface area contributed by atoms with Gasteiger partial charge in [-0.3, -0.25) is 4.79 Å². The van der Waals surface area contributed by atoms with E-state index in [9.17, 15) is 27.9 Å². The second-order valence-corrected chi connectivity index (χ2v) is 21.8. The molecule has 1 aliphatic rings. The third kappa shape index (κ3) is 13.0. The van der Waals surface area contributed by atoms with Gasteiger partial charge in [0.05, 0.1) is 49.6 Å². The monoisotopic (exact) mass is 1040 g/mol. The average molecular weight is 1040 g/mol. The molecule has 22 nitrogen and oxygen atoms in total. The Morgan fingerprint density at radius 2 is 1.41 bits per heavy atom. The molecule has 24 heteroatoms. The van der Waals surface area contributed by atoms with Crippen molar-refractivity contribution in [2.24, 2.45) is 0 Å². The highest BCUT2D eigenvalue weighted by atomic mass is 32.2. The van der Waals surface area contributed by atoms with Gasteiger partial charge in [0.1, 0.15) is 33.6 Å². The first-order valence-electron chi connectivity index (χ1n) is 22.8. The maximum Gasteiger partial charge on any atom is 0.407 e. The SMILES string of the molecule is COc1ccc(CN(Cc2ccc(OC)cc2)S(=O)(=O)c2c(S(=O)(=O)CCNC(=O)OC(C)(C)C)ccc(-c3cnc(N)c(C(=O)NC4CCN(C(=O)O)C4)c3)c2-c2nnn(Cc3ccc(OC)cc3)n2)cc1. The smallest absolute Gasteiger partial charge is 0.407 e. The zero-order valence-electron chi connectivity index (χ0n) is 40.9. The van der Waals surface area contributed by atoms with E-state index in [0.29, 0.717) is 40.4 Å². The second kappa shape index (κ2) is 22.3. The Bertz CT molecular complexity index is 3130. The Hall–Kier alpha value is -7.83. The van der Waals surface area contributed by atoms with E-state index in [2.05, 4.69) is 31.0 Å². The molecule has 0 saturated carbocycles. The number of hydrogen-bond acceptors (Lipinski definition) is 16. The van der Waals surface area contributed by atoms with Crippen molar-refractivity contribution < 1.29 is 55.3 Å². The van der Waals surface area contributed by atoms with Crippen molar-refractivity contribution in [3.63, 3.8) is 0 Å². The molecule has 5 N–H and O–H groups in total. The number of nitrogens with two attached hydrogens (primary N) is 1. The van der Waals surface area contributed by atoms with Crippen molar-refractivity contribution in [1.82, 2.24) is 45.0 Å². The summed E-state index contributed by atoms with van der Waals surface area (Å²) in [5.74, 6) is -0.372. The van der Waals surface area contributed by atoms with Crippen LogP contribution in [-0.4, -0.2) is 133 Å². The van der Waals surface area contributed by atoms with E-state index >= 15 is 8.42 Å². The van der Waals surface area contributed by atoms with Gasteiger partial charge >= 0.3 is 12.2 Å². The summed E-state index contributed by atoms with van der Waals surface area (Å²) >= 11 is 0. The number of anilines is 1. The molecular weight excluding hydrogens is 985 g/mol. The van der Waals surface area contributed by atoms with Crippen LogP contribution < -0.4 is 30.6 Å². The molecular formula is C49H56N10O12S2. The van der Waals surface area contributed by atoms with Crippen LogP contribution in [-0.2, 0) is 44.2 Å². The fourth-order valence-corrected chi connectivity index (χ4v) is 11.5. The number of pyridine rings is 1. The number of nitrogen functional groups attached to an aromatic ring is 1. The number of sulfone groups is 1. The number of carbonyl (C=O) groups is 3. The molecule has 0 radical (unpaired) electrons. The molecule has 6 aromatic rings. The summed E-state index contributed by atoms with van der Waals surface area (Å²) in [4.78, 5) is 43.6. The standard InChI is InChI=1S/C49H56N10O12S2/c1-49(2,3)71-47(61)51-22-24-72(64,65)41-20-19-39(34-25-40(44(50)52-26-34)46(60)53-35-21-23-57(30-35)48(62)63)42(45-54-56-59(55-45)29-33-11-17-38(70-6)18-12-33)43(41)73(66,67)58(27-31-7-13-36(68-4)14-8-31)28-32-9-15-37(69-5)16-10-32/h7-20,25-26,35H,21-24,27-30H2,1-6H3,(H2,50,52)(H,51,61)(H,53,60)(H,62,63).